The normalized spacial score (nSPS) is 13.8. The van der Waals surface area contributed by atoms with Gasteiger partial charge in [0.25, 0.3) is 5.82 Å². The predicted molar refractivity (Wildman–Crippen MR) is 210 cm³/mol. The van der Waals surface area contributed by atoms with Gasteiger partial charge >= 0.3 is 0 Å². The largest absolute Gasteiger partial charge is 0.507 e. The number of phenolic OH excluding ortho intramolecular Hbond substituents is 1. The summed E-state index contributed by atoms with van der Waals surface area (Å²) >= 11 is 0. The van der Waals surface area contributed by atoms with E-state index in [1.54, 1.807) is 30.3 Å². The van der Waals surface area contributed by atoms with Crippen molar-refractivity contribution < 1.29 is 20.9 Å². The number of aromatic hydroxyl groups is 1. The molecule has 1 aromatic heterocycles. The Hall–Kier alpha value is -5.48. The first-order chi connectivity index (χ1) is 26.3. The molecule has 0 aliphatic carbocycles. The lowest BCUT2D eigenvalue weighted by Crippen LogP contribution is -2.31. The van der Waals surface area contributed by atoms with E-state index >= 15 is 0 Å². The van der Waals surface area contributed by atoms with Gasteiger partial charge < -0.3 is 5.11 Å². The van der Waals surface area contributed by atoms with Crippen LogP contribution < -0.4 is 4.57 Å². The zero-order chi connectivity index (χ0) is 40.5. The van der Waals surface area contributed by atoms with Crippen molar-refractivity contribution in [3.05, 3.63) is 149 Å². The Kier molecular flexibility index (Phi) is 7.38. The molecule has 6 aromatic carbocycles. The zero-order valence-electron chi connectivity index (χ0n) is 35.2. The number of aromatic nitrogens is 2. The number of fused-ring (bicyclic) bond motifs is 1. The van der Waals surface area contributed by atoms with Crippen LogP contribution in [0.15, 0.2) is 115 Å². The molecule has 51 heavy (non-hydrogen) atoms. The lowest BCUT2D eigenvalue weighted by atomic mass is 9.87. The number of imidazole rings is 1. The van der Waals surface area contributed by atoms with Gasteiger partial charge in [-0.05, 0) is 113 Å². The van der Waals surface area contributed by atoms with Gasteiger partial charge in [-0.25, -0.2) is 8.96 Å². The molecule has 7 rings (SSSR count). The fourth-order valence-corrected chi connectivity index (χ4v) is 7.53. The monoisotopic (exact) mass is 678 g/mol. The van der Waals surface area contributed by atoms with Crippen molar-refractivity contribution >= 4 is 11.0 Å². The molecule has 0 bridgehead atoms. The predicted octanol–water partition coefficient (Wildman–Crippen LogP) is 12.1. The molecular formula is C47H46FN2O+. The van der Waals surface area contributed by atoms with Gasteiger partial charge in [-0.3, -0.25) is 0 Å². The topological polar surface area (TPSA) is 29.0 Å². The molecule has 0 saturated carbocycles. The maximum absolute atomic E-state index is 13.6. The number of benzene rings is 6. The first-order valence-corrected chi connectivity index (χ1v) is 17.3. The maximum Gasteiger partial charge on any atom is 0.295 e. The SMILES string of the molecule is [2H]C([2H])([2H])c1cc(C)c(-c2n(-c3c(C([2H])(C)C)cccc3C([2H])(C)C)c3ccccc3[n+]2C)c(C)c1-c1ccc(-c2cccc(-c3ccc(F)cc3)c2)cc1O. The van der Waals surface area contributed by atoms with E-state index in [0.29, 0.717) is 16.7 Å². The van der Waals surface area contributed by atoms with Crippen LogP contribution in [0.3, 0.4) is 0 Å². The van der Waals surface area contributed by atoms with Crippen LogP contribution in [0, 0.1) is 26.5 Å². The summed E-state index contributed by atoms with van der Waals surface area (Å²) < 4.78 is 62.4. The highest BCUT2D eigenvalue weighted by Crippen LogP contribution is 2.44. The van der Waals surface area contributed by atoms with Gasteiger partial charge in [-0.2, -0.15) is 4.57 Å². The summed E-state index contributed by atoms with van der Waals surface area (Å²) in [5.74, 6) is -1.66. The lowest BCUT2D eigenvalue weighted by Gasteiger charge is -2.21. The third kappa shape index (κ3) is 5.93. The van der Waals surface area contributed by atoms with Gasteiger partial charge in [-0.1, -0.05) is 107 Å². The van der Waals surface area contributed by atoms with Crippen LogP contribution >= 0.6 is 0 Å². The molecule has 0 fully saturated rings. The Labute approximate surface area is 308 Å². The van der Waals surface area contributed by atoms with Crippen LogP contribution in [0.25, 0.3) is 61.5 Å². The van der Waals surface area contributed by atoms with Gasteiger partial charge in [0, 0.05) is 23.5 Å². The summed E-state index contributed by atoms with van der Waals surface area (Å²) in [4.78, 5) is 0. The van der Waals surface area contributed by atoms with Crippen molar-refractivity contribution in [2.45, 2.75) is 60.2 Å². The second-order valence-corrected chi connectivity index (χ2v) is 13.8. The summed E-state index contributed by atoms with van der Waals surface area (Å²) in [6.45, 7) is 8.72. The molecule has 4 heteroatoms. The Morgan fingerprint density at radius 2 is 1.29 bits per heavy atom. The van der Waals surface area contributed by atoms with E-state index in [1.165, 1.54) is 12.1 Å². The maximum atomic E-state index is 13.6. The van der Waals surface area contributed by atoms with Crippen LogP contribution in [-0.4, -0.2) is 9.67 Å². The van der Waals surface area contributed by atoms with Crippen molar-refractivity contribution in [1.82, 2.24) is 4.57 Å². The van der Waals surface area contributed by atoms with Gasteiger partial charge in [0.15, 0.2) is 11.0 Å². The van der Waals surface area contributed by atoms with Crippen LogP contribution in [0.5, 0.6) is 5.75 Å². The van der Waals surface area contributed by atoms with Crippen molar-refractivity contribution in [3.63, 3.8) is 0 Å². The minimum absolute atomic E-state index is 0.0671. The second-order valence-electron chi connectivity index (χ2n) is 13.8. The number of rotatable bonds is 7. The summed E-state index contributed by atoms with van der Waals surface area (Å²) in [5, 5.41) is 11.8. The van der Waals surface area contributed by atoms with Gasteiger partial charge in [0.1, 0.15) is 17.3 Å². The van der Waals surface area contributed by atoms with E-state index in [-0.39, 0.29) is 17.1 Å². The molecule has 0 aliphatic rings. The standard InChI is InChI=1S/C47H45FN2O/c1-28(2)38-15-12-16-39(29(3)4)46(38)50-42-18-10-9-17-41(42)49(8)47(50)45-31(6)25-30(5)44(32(45)7)40-24-21-36(27-43(40)51)35-14-11-13-34(26-35)33-19-22-37(48)23-20-33/h9-29H,1-8H3/p+1/i5D3,28D,29D. The third-order valence-electron chi connectivity index (χ3n) is 9.99. The van der Waals surface area contributed by atoms with E-state index < -0.39 is 18.6 Å². The number of para-hydroxylation sites is 3. The summed E-state index contributed by atoms with van der Waals surface area (Å²) in [6, 6.07) is 34.9. The number of aryl methyl sites for hydroxylation is 3. The van der Waals surface area contributed by atoms with Crippen molar-refractivity contribution in [2.24, 2.45) is 7.05 Å². The van der Waals surface area contributed by atoms with E-state index in [0.717, 1.165) is 67.1 Å². The number of halogens is 1. The third-order valence-corrected chi connectivity index (χ3v) is 9.99. The highest BCUT2D eigenvalue weighted by Gasteiger charge is 2.33. The average molecular weight is 679 g/mol. The van der Waals surface area contributed by atoms with Crippen molar-refractivity contribution in [3.8, 4) is 56.2 Å². The molecular weight excluding hydrogens is 628 g/mol. The molecule has 0 saturated heterocycles. The quantitative estimate of drug-likeness (QED) is 0.167. The minimum Gasteiger partial charge on any atom is -0.507 e. The highest BCUT2D eigenvalue weighted by molar-refractivity contribution is 5.88. The molecule has 1 N–H and O–H groups in total. The fraction of sp³-hybridized carbons (Fsp3) is 0.213. The molecule has 7 aromatic rings. The van der Waals surface area contributed by atoms with Gasteiger partial charge in [0.2, 0.25) is 0 Å². The smallest absolute Gasteiger partial charge is 0.295 e. The number of nitrogens with zero attached hydrogens (tertiary/aromatic N) is 2. The number of hydrogen-bond donors (Lipinski definition) is 1. The second kappa shape index (κ2) is 13.3. The Morgan fingerprint density at radius 3 is 1.94 bits per heavy atom. The van der Waals surface area contributed by atoms with E-state index in [2.05, 4.69) is 9.13 Å². The van der Waals surface area contributed by atoms with Gasteiger partial charge in [-0.15, -0.1) is 0 Å². The molecule has 0 unspecified atom stereocenters. The molecule has 0 radical (unpaired) electrons. The Morgan fingerprint density at radius 1 is 0.686 bits per heavy atom. The number of hydrogen-bond acceptors (Lipinski definition) is 1. The molecule has 256 valence electrons. The summed E-state index contributed by atoms with van der Waals surface area (Å²) in [7, 11) is 1.98. The molecule has 0 aliphatic heterocycles. The molecule has 1 heterocycles. The van der Waals surface area contributed by atoms with Crippen LogP contribution in [-0.2, 0) is 7.05 Å². The fourth-order valence-electron chi connectivity index (χ4n) is 7.53. The number of phenols is 1. The van der Waals surface area contributed by atoms with E-state index in [1.807, 2.05) is 121 Å². The summed E-state index contributed by atoms with van der Waals surface area (Å²) in [6.07, 6.45) is 0. The van der Waals surface area contributed by atoms with Crippen LogP contribution in [0.4, 0.5) is 4.39 Å². The lowest BCUT2D eigenvalue weighted by molar-refractivity contribution is -0.633. The first-order valence-electron chi connectivity index (χ1n) is 19.8. The Bertz CT molecular complexity index is 2610. The molecule has 3 nitrogen and oxygen atoms in total. The Balaban J connectivity index is 1.51. The van der Waals surface area contributed by atoms with Crippen LogP contribution in [0.1, 0.15) is 74.2 Å². The van der Waals surface area contributed by atoms with Crippen molar-refractivity contribution in [1.29, 1.82) is 0 Å². The van der Waals surface area contributed by atoms with E-state index in [4.69, 9.17) is 4.11 Å². The van der Waals surface area contributed by atoms with Gasteiger partial charge in [0.05, 0.1) is 12.6 Å². The summed E-state index contributed by atoms with van der Waals surface area (Å²) in [5.41, 5.74) is 10.5. The molecule has 0 spiro atoms. The molecule has 0 atom stereocenters. The molecule has 0 amide bonds. The average Bonchev–Trinajstić information content (AvgIpc) is 3.41. The minimum atomic E-state index is -2.50. The first kappa shape index (κ1) is 28.2. The zero-order valence-corrected chi connectivity index (χ0v) is 30.2. The van der Waals surface area contributed by atoms with Crippen molar-refractivity contribution in [2.75, 3.05) is 0 Å². The van der Waals surface area contributed by atoms with Crippen LogP contribution in [0.2, 0.25) is 0 Å². The van der Waals surface area contributed by atoms with E-state index in [9.17, 15) is 12.2 Å². The highest BCUT2D eigenvalue weighted by atomic mass is 19.1.